The van der Waals surface area contributed by atoms with E-state index in [1.807, 2.05) is 6.07 Å². The first-order valence-corrected chi connectivity index (χ1v) is 5.56. The van der Waals surface area contributed by atoms with Gasteiger partial charge in [-0.3, -0.25) is 5.32 Å². The second-order valence-electron chi connectivity index (χ2n) is 4.03. The molecule has 0 radical (unpaired) electrons. The summed E-state index contributed by atoms with van der Waals surface area (Å²) < 4.78 is 0. The Hall–Kier alpha value is -1.80. The Balaban J connectivity index is 1.89. The number of hydrogen-bond donors (Lipinski definition) is 2. The molecule has 2 aromatic rings. The van der Waals surface area contributed by atoms with Crippen molar-refractivity contribution >= 4 is 5.69 Å². The average Bonchev–Trinajstić information content (AvgIpc) is 2.39. The fourth-order valence-electron chi connectivity index (χ4n) is 2.08. The van der Waals surface area contributed by atoms with E-state index in [1.54, 1.807) is 0 Å². The van der Waals surface area contributed by atoms with Crippen LogP contribution in [0.4, 0.5) is 5.69 Å². The van der Waals surface area contributed by atoms with Crippen LogP contribution in [-0.2, 0) is 6.54 Å². The van der Waals surface area contributed by atoms with E-state index >= 15 is 0 Å². The van der Waals surface area contributed by atoms with E-state index in [-0.39, 0.29) is 6.17 Å². The highest BCUT2D eigenvalue weighted by molar-refractivity contribution is 5.54. The van der Waals surface area contributed by atoms with Crippen LogP contribution >= 0.6 is 0 Å². The predicted molar refractivity (Wildman–Crippen MR) is 66.1 cm³/mol. The van der Waals surface area contributed by atoms with Crippen molar-refractivity contribution in [2.75, 3.05) is 5.32 Å². The molecule has 0 saturated heterocycles. The lowest BCUT2D eigenvalue weighted by atomic mass is 10.1. The van der Waals surface area contributed by atoms with Crippen molar-refractivity contribution in [3.8, 4) is 0 Å². The highest BCUT2D eigenvalue weighted by atomic mass is 15.1. The average molecular weight is 210 g/mol. The molecule has 2 heteroatoms. The van der Waals surface area contributed by atoms with Crippen molar-refractivity contribution in [2.24, 2.45) is 0 Å². The second kappa shape index (κ2) is 3.99. The molecule has 2 N–H and O–H groups in total. The first kappa shape index (κ1) is 9.43. The fraction of sp³-hybridized carbons (Fsp3) is 0.143. The van der Waals surface area contributed by atoms with E-state index in [0.717, 1.165) is 6.54 Å². The smallest absolute Gasteiger partial charge is 0.103 e. The van der Waals surface area contributed by atoms with Crippen LogP contribution in [-0.4, -0.2) is 0 Å². The number of benzene rings is 2. The number of anilines is 1. The third-order valence-corrected chi connectivity index (χ3v) is 2.95. The van der Waals surface area contributed by atoms with Gasteiger partial charge in [0.2, 0.25) is 0 Å². The van der Waals surface area contributed by atoms with Gasteiger partial charge in [0.05, 0.1) is 0 Å². The molecule has 80 valence electrons. The van der Waals surface area contributed by atoms with E-state index in [1.165, 1.54) is 16.8 Å². The highest BCUT2D eigenvalue weighted by Gasteiger charge is 2.16. The molecule has 0 saturated carbocycles. The van der Waals surface area contributed by atoms with Gasteiger partial charge < -0.3 is 5.32 Å². The Bertz CT molecular complexity index is 479. The van der Waals surface area contributed by atoms with E-state index in [2.05, 4.69) is 59.2 Å². The van der Waals surface area contributed by atoms with Gasteiger partial charge in [-0.25, -0.2) is 0 Å². The molecular formula is C14H14N2. The summed E-state index contributed by atoms with van der Waals surface area (Å²) >= 11 is 0. The van der Waals surface area contributed by atoms with Crippen LogP contribution in [0.25, 0.3) is 0 Å². The Labute approximate surface area is 95.3 Å². The van der Waals surface area contributed by atoms with Gasteiger partial charge >= 0.3 is 0 Å². The molecule has 16 heavy (non-hydrogen) atoms. The monoisotopic (exact) mass is 210 g/mol. The van der Waals surface area contributed by atoms with Gasteiger partial charge in [-0.2, -0.15) is 0 Å². The van der Waals surface area contributed by atoms with E-state index < -0.39 is 0 Å². The molecule has 0 spiro atoms. The third kappa shape index (κ3) is 1.68. The van der Waals surface area contributed by atoms with E-state index in [0.29, 0.717) is 0 Å². The molecule has 0 bridgehead atoms. The number of nitrogens with one attached hydrogen (secondary N) is 2. The summed E-state index contributed by atoms with van der Waals surface area (Å²) in [6.07, 6.45) is 0.219. The SMILES string of the molecule is c1ccc([C@H]2NCc3ccccc3N2)cc1. The van der Waals surface area contributed by atoms with Crippen molar-refractivity contribution in [1.82, 2.24) is 5.32 Å². The summed E-state index contributed by atoms with van der Waals surface area (Å²) in [6, 6.07) is 18.9. The van der Waals surface area contributed by atoms with Crippen LogP contribution in [0.5, 0.6) is 0 Å². The minimum atomic E-state index is 0.219. The molecular weight excluding hydrogens is 196 g/mol. The molecule has 1 aliphatic heterocycles. The van der Waals surface area contributed by atoms with Gasteiger partial charge in [-0.15, -0.1) is 0 Å². The zero-order chi connectivity index (χ0) is 10.8. The normalized spacial score (nSPS) is 18.6. The van der Waals surface area contributed by atoms with Gasteiger partial charge in [-0.1, -0.05) is 48.5 Å². The predicted octanol–water partition coefficient (Wildman–Crippen LogP) is 2.90. The number of hydrogen-bond acceptors (Lipinski definition) is 2. The van der Waals surface area contributed by atoms with Crippen LogP contribution in [0.15, 0.2) is 54.6 Å². The summed E-state index contributed by atoms with van der Waals surface area (Å²) in [7, 11) is 0. The van der Waals surface area contributed by atoms with Gasteiger partial charge in [0.15, 0.2) is 0 Å². The lowest BCUT2D eigenvalue weighted by molar-refractivity contribution is 0.566. The van der Waals surface area contributed by atoms with E-state index in [4.69, 9.17) is 0 Å². The Morgan fingerprint density at radius 1 is 0.875 bits per heavy atom. The van der Waals surface area contributed by atoms with Crippen LogP contribution < -0.4 is 10.6 Å². The van der Waals surface area contributed by atoms with Crippen molar-refractivity contribution in [1.29, 1.82) is 0 Å². The maximum atomic E-state index is 3.50. The Morgan fingerprint density at radius 3 is 2.50 bits per heavy atom. The topological polar surface area (TPSA) is 24.1 Å². The lowest BCUT2D eigenvalue weighted by Crippen LogP contribution is -2.32. The fourth-order valence-corrected chi connectivity index (χ4v) is 2.08. The molecule has 0 unspecified atom stereocenters. The van der Waals surface area contributed by atoms with Crippen LogP contribution in [0.2, 0.25) is 0 Å². The molecule has 1 aliphatic rings. The third-order valence-electron chi connectivity index (χ3n) is 2.95. The molecule has 0 aromatic heterocycles. The van der Waals surface area contributed by atoms with Crippen LogP contribution in [0, 0.1) is 0 Å². The zero-order valence-corrected chi connectivity index (χ0v) is 8.98. The quantitative estimate of drug-likeness (QED) is 0.756. The van der Waals surface area contributed by atoms with Crippen molar-refractivity contribution in [3.63, 3.8) is 0 Å². The molecule has 0 fully saturated rings. The van der Waals surface area contributed by atoms with Gasteiger partial charge in [0.1, 0.15) is 6.17 Å². The Morgan fingerprint density at radius 2 is 1.62 bits per heavy atom. The summed E-state index contributed by atoms with van der Waals surface area (Å²) in [5.41, 5.74) is 3.83. The summed E-state index contributed by atoms with van der Waals surface area (Å²) in [4.78, 5) is 0. The number of rotatable bonds is 1. The lowest BCUT2D eigenvalue weighted by Gasteiger charge is -2.28. The van der Waals surface area contributed by atoms with Gasteiger partial charge in [-0.05, 0) is 17.2 Å². The largest absolute Gasteiger partial charge is 0.366 e. The number of para-hydroxylation sites is 1. The number of fused-ring (bicyclic) bond motifs is 1. The molecule has 2 nitrogen and oxygen atoms in total. The standard InChI is InChI=1S/C14H14N2/c1-2-6-11(7-3-1)14-15-10-12-8-4-5-9-13(12)16-14/h1-9,14-16H,10H2/t14-/m0/s1. The maximum Gasteiger partial charge on any atom is 0.103 e. The first-order valence-electron chi connectivity index (χ1n) is 5.56. The van der Waals surface area contributed by atoms with Gasteiger partial charge in [0.25, 0.3) is 0 Å². The van der Waals surface area contributed by atoms with Crippen molar-refractivity contribution in [2.45, 2.75) is 12.7 Å². The minimum Gasteiger partial charge on any atom is -0.366 e. The van der Waals surface area contributed by atoms with E-state index in [9.17, 15) is 0 Å². The van der Waals surface area contributed by atoms with Crippen molar-refractivity contribution < 1.29 is 0 Å². The summed E-state index contributed by atoms with van der Waals surface area (Å²) in [5, 5.41) is 6.98. The minimum absolute atomic E-state index is 0.219. The molecule has 1 heterocycles. The molecule has 1 atom stereocenters. The zero-order valence-electron chi connectivity index (χ0n) is 8.98. The highest BCUT2D eigenvalue weighted by Crippen LogP contribution is 2.25. The Kier molecular flexibility index (Phi) is 2.35. The molecule has 2 aromatic carbocycles. The van der Waals surface area contributed by atoms with Crippen LogP contribution in [0.3, 0.4) is 0 Å². The summed E-state index contributed by atoms with van der Waals surface area (Å²) in [5.74, 6) is 0. The van der Waals surface area contributed by atoms with Gasteiger partial charge in [0, 0.05) is 12.2 Å². The first-order chi connectivity index (χ1) is 7.93. The molecule has 3 rings (SSSR count). The molecule has 0 aliphatic carbocycles. The second-order valence-corrected chi connectivity index (χ2v) is 4.03. The maximum absolute atomic E-state index is 3.50. The van der Waals surface area contributed by atoms with Crippen LogP contribution in [0.1, 0.15) is 17.3 Å². The molecule has 0 amide bonds. The summed E-state index contributed by atoms with van der Waals surface area (Å²) in [6.45, 7) is 0.919. The van der Waals surface area contributed by atoms with Crippen molar-refractivity contribution in [3.05, 3.63) is 65.7 Å².